The van der Waals surface area contributed by atoms with E-state index in [1.54, 1.807) is 6.20 Å². The second-order valence-corrected chi connectivity index (χ2v) is 5.31. The molecule has 0 atom stereocenters. The first-order valence-electron chi connectivity index (χ1n) is 5.77. The van der Waals surface area contributed by atoms with Crippen LogP contribution in [-0.2, 0) is 0 Å². The lowest BCUT2D eigenvalue weighted by molar-refractivity contribution is 0.198. The molecule has 90 valence electrons. The predicted molar refractivity (Wildman–Crippen MR) is 69.0 cm³/mol. The normalized spacial score (nSPS) is 11.5. The molecule has 0 radical (unpaired) electrons. The molecule has 1 aromatic heterocycles. The van der Waals surface area contributed by atoms with Gasteiger partial charge in [0.2, 0.25) is 0 Å². The van der Waals surface area contributed by atoms with E-state index in [1.165, 1.54) is 0 Å². The van der Waals surface area contributed by atoms with Gasteiger partial charge in [-0.3, -0.25) is 0 Å². The lowest BCUT2D eigenvalue weighted by Gasteiger charge is -2.18. The first-order valence-corrected chi connectivity index (χ1v) is 5.77. The number of benzene rings is 1. The maximum atomic E-state index is 5.71. The lowest BCUT2D eigenvalue weighted by Crippen LogP contribution is -2.16. The SMILES string of the molecule is CC(C)(C)COc1ccc(-c2ncc[nH]2)cc1. The zero-order valence-electron chi connectivity index (χ0n) is 10.5. The number of ether oxygens (including phenoxy) is 1. The highest BCUT2D eigenvalue weighted by molar-refractivity contribution is 5.55. The van der Waals surface area contributed by atoms with Crippen molar-refractivity contribution in [3.8, 4) is 17.1 Å². The zero-order valence-corrected chi connectivity index (χ0v) is 10.5. The first-order chi connectivity index (χ1) is 8.04. The van der Waals surface area contributed by atoms with Crippen molar-refractivity contribution in [3.63, 3.8) is 0 Å². The lowest BCUT2D eigenvalue weighted by atomic mass is 9.99. The van der Waals surface area contributed by atoms with E-state index in [0.717, 1.165) is 17.1 Å². The van der Waals surface area contributed by atoms with Gasteiger partial charge in [-0.15, -0.1) is 0 Å². The number of imidazole rings is 1. The number of nitrogens with zero attached hydrogens (tertiary/aromatic N) is 1. The van der Waals surface area contributed by atoms with Crippen LogP contribution in [0.4, 0.5) is 0 Å². The number of aromatic nitrogens is 2. The summed E-state index contributed by atoms with van der Waals surface area (Å²) in [5.41, 5.74) is 1.25. The van der Waals surface area contributed by atoms with Gasteiger partial charge in [-0.1, -0.05) is 20.8 Å². The van der Waals surface area contributed by atoms with Gasteiger partial charge in [0.05, 0.1) is 6.61 Å². The molecule has 3 nitrogen and oxygen atoms in total. The minimum Gasteiger partial charge on any atom is -0.493 e. The molecule has 0 aliphatic rings. The number of H-pyrrole nitrogens is 1. The molecule has 0 amide bonds. The maximum absolute atomic E-state index is 5.71. The van der Waals surface area contributed by atoms with Crippen molar-refractivity contribution < 1.29 is 4.74 Å². The summed E-state index contributed by atoms with van der Waals surface area (Å²) in [5.74, 6) is 1.78. The summed E-state index contributed by atoms with van der Waals surface area (Å²) in [6.07, 6.45) is 3.57. The molecular formula is C14H18N2O. The molecule has 1 N–H and O–H groups in total. The smallest absolute Gasteiger partial charge is 0.137 e. The van der Waals surface area contributed by atoms with Crippen LogP contribution in [-0.4, -0.2) is 16.6 Å². The van der Waals surface area contributed by atoms with Gasteiger partial charge in [0.25, 0.3) is 0 Å². The summed E-state index contributed by atoms with van der Waals surface area (Å²) in [4.78, 5) is 7.28. The van der Waals surface area contributed by atoms with E-state index in [-0.39, 0.29) is 5.41 Å². The van der Waals surface area contributed by atoms with Crippen molar-refractivity contribution in [1.82, 2.24) is 9.97 Å². The molecule has 0 fully saturated rings. The highest BCUT2D eigenvalue weighted by atomic mass is 16.5. The summed E-state index contributed by atoms with van der Waals surface area (Å²) in [5, 5.41) is 0. The fraction of sp³-hybridized carbons (Fsp3) is 0.357. The van der Waals surface area contributed by atoms with Crippen LogP contribution in [0.3, 0.4) is 0 Å². The van der Waals surface area contributed by atoms with Gasteiger partial charge in [-0.2, -0.15) is 0 Å². The fourth-order valence-electron chi connectivity index (χ4n) is 1.43. The van der Waals surface area contributed by atoms with Gasteiger partial charge in [0.15, 0.2) is 0 Å². The molecule has 0 saturated heterocycles. The van der Waals surface area contributed by atoms with Crippen molar-refractivity contribution in [1.29, 1.82) is 0 Å². The summed E-state index contributed by atoms with van der Waals surface area (Å²) in [6.45, 7) is 7.19. The van der Waals surface area contributed by atoms with E-state index < -0.39 is 0 Å². The molecule has 0 unspecified atom stereocenters. The third-order valence-corrected chi connectivity index (χ3v) is 2.30. The van der Waals surface area contributed by atoms with Gasteiger partial charge in [0, 0.05) is 18.0 Å². The summed E-state index contributed by atoms with van der Waals surface area (Å²) >= 11 is 0. The summed E-state index contributed by atoms with van der Waals surface area (Å²) in [6, 6.07) is 7.97. The minimum absolute atomic E-state index is 0.180. The van der Waals surface area contributed by atoms with Crippen molar-refractivity contribution in [3.05, 3.63) is 36.7 Å². The Kier molecular flexibility index (Phi) is 3.18. The van der Waals surface area contributed by atoms with Crippen LogP contribution in [0.2, 0.25) is 0 Å². The molecule has 0 saturated carbocycles. The molecule has 0 spiro atoms. The number of rotatable bonds is 3. The standard InChI is InChI=1S/C14H18N2O/c1-14(2,3)10-17-12-6-4-11(5-7-12)13-15-8-9-16-13/h4-9H,10H2,1-3H3,(H,15,16). The van der Waals surface area contributed by atoms with Gasteiger partial charge in [0.1, 0.15) is 11.6 Å². The number of aromatic amines is 1. The number of hydrogen-bond donors (Lipinski definition) is 1. The van der Waals surface area contributed by atoms with Crippen LogP contribution in [0, 0.1) is 5.41 Å². The second-order valence-electron chi connectivity index (χ2n) is 5.31. The molecule has 17 heavy (non-hydrogen) atoms. The molecule has 1 heterocycles. The first kappa shape index (κ1) is 11.7. The Labute approximate surface area is 102 Å². The number of hydrogen-bond acceptors (Lipinski definition) is 2. The zero-order chi connectivity index (χ0) is 12.3. The van der Waals surface area contributed by atoms with E-state index in [2.05, 4.69) is 30.7 Å². The Balaban J connectivity index is 2.04. The van der Waals surface area contributed by atoms with Crippen LogP contribution in [0.25, 0.3) is 11.4 Å². The average molecular weight is 230 g/mol. The van der Waals surface area contributed by atoms with Crippen molar-refractivity contribution in [2.24, 2.45) is 5.41 Å². The van der Waals surface area contributed by atoms with Gasteiger partial charge >= 0.3 is 0 Å². The monoisotopic (exact) mass is 230 g/mol. The number of nitrogens with one attached hydrogen (secondary N) is 1. The third kappa shape index (κ3) is 3.34. The Bertz CT molecular complexity index is 452. The molecule has 2 rings (SSSR count). The maximum Gasteiger partial charge on any atom is 0.137 e. The molecule has 0 aliphatic carbocycles. The largest absolute Gasteiger partial charge is 0.493 e. The van der Waals surface area contributed by atoms with E-state index >= 15 is 0 Å². The van der Waals surface area contributed by atoms with E-state index in [1.807, 2.05) is 30.5 Å². The van der Waals surface area contributed by atoms with Crippen molar-refractivity contribution in [2.75, 3.05) is 6.61 Å². The Hall–Kier alpha value is -1.77. The Morgan fingerprint density at radius 2 is 1.88 bits per heavy atom. The molecule has 2 aromatic rings. The molecule has 0 bridgehead atoms. The minimum atomic E-state index is 0.180. The average Bonchev–Trinajstić information content (AvgIpc) is 2.79. The highest BCUT2D eigenvalue weighted by Crippen LogP contribution is 2.21. The molecular weight excluding hydrogens is 212 g/mol. The second kappa shape index (κ2) is 4.62. The van der Waals surface area contributed by atoms with E-state index in [0.29, 0.717) is 6.61 Å². The topological polar surface area (TPSA) is 37.9 Å². The van der Waals surface area contributed by atoms with E-state index in [9.17, 15) is 0 Å². The Morgan fingerprint density at radius 1 is 1.18 bits per heavy atom. The van der Waals surface area contributed by atoms with Crippen LogP contribution in [0.5, 0.6) is 5.75 Å². The predicted octanol–water partition coefficient (Wildman–Crippen LogP) is 3.50. The van der Waals surface area contributed by atoms with Gasteiger partial charge in [-0.05, 0) is 29.7 Å². The molecule has 0 aliphatic heterocycles. The summed E-state index contributed by atoms with van der Waals surface area (Å²) in [7, 11) is 0. The summed E-state index contributed by atoms with van der Waals surface area (Å²) < 4.78 is 5.71. The van der Waals surface area contributed by atoms with Crippen molar-refractivity contribution in [2.45, 2.75) is 20.8 Å². The van der Waals surface area contributed by atoms with Crippen LogP contribution < -0.4 is 4.74 Å². The van der Waals surface area contributed by atoms with Crippen molar-refractivity contribution >= 4 is 0 Å². The molecule has 3 heteroatoms. The molecule has 1 aromatic carbocycles. The van der Waals surface area contributed by atoms with E-state index in [4.69, 9.17) is 4.74 Å². The highest BCUT2D eigenvalue weighted by Gasteiger charge is 2.11. The van der Waals surface area contributed by atoms with Crippen LogP contribution in [0.1, 0.15) is 20.8 Å². The Morgan fingerprint density at radius 3 is 2.41 bits per heavy atom. The van der Waals surface area contributed by atoms with Gasteiger partial charge in [-0.25, -0.2) is 4.98 Å². The van der Waals surface area contributed by atoms with Gasteiger partial charge < -0.3 is 9.72 Å². The fourth-order valence-corrected chi connectivity index (χ4v) is 1.43. The van der Waals surface area contributed by atoms with Crippen LogP contribution in [0.15, 0.2) is 36.7 Å². The van der Waals surface area contributed by atoms with Crippen LogP contribution >= 0.6 is 0 Å². The third-order valence-electron chi connectivity index (χ3n) is 2.30. The quantitative estimate of drug-likeness (QED) is 0.876.